The molecule has 1 fully saturated rings. The summed E-state index contributed by atoms with van der Waals surface area (Å²) in [6, 6.07) is 5.97. The van der Waals surface area contributed by atoms with Crippen LogP contribution >= 0.6 is 11.8 Å². The van der Waals surface area contributed by atoms with Crippen molar-refractivity contribution < 1.29 is 9.53 Å². The molecule has 108 valence electrons. The highest BCUT2D eigenvalue weighted by Crippen LogP contribution is 2.55. The summed E-state index contributed by atoms with van der Waals surface area (Å²) in [5, 5.41) is 3.15. The van der Waals surface area contributed by atoms with Crippen molar-refractivity contribution in [3.05, 3.63) is 23.8 Å². The Hall–Kier alpha value is -1.36. The summed E-state index contributed by atoms with van der Waals surface area (Å²) in [6.07, 6.45) is 0.783. The van der Waals surface area contributed by atoms with Gasteiger partial charge in [0.15, 0.2) is 0 Å². The molecule has 1 aromatic rings. The molecule has 1 saturated heterocycles. The Bertz CT molecular complexity index is 549. The first-order valence-corrected chi connectivity index (χ1v) is 8.06. The average molecular weight is 292 g/mol. The van der Waals surface area contributed by atoms with Crippen LogP contribution in [0.15, 0.2) is 18.2 Å². The van der Waals surface area contributed by atoms with Gasteiger partial charge in [0, 0.05) is 24.7 Å². The second-order valence-corrected chi connectivity index (χ2v) is 6.79. The third-order valence-electron chi connectivity index (χ3n) is 4.29. The molecule has 0 radical (unpaired) electrons. The summed E-state index contributed by atoms with van der Waals surface area (Å²) in [4.78, 5) is 13.9. The Morgan fingerprint density at radius 1 is 1.60 bits per heavy atom. The zero-order chi connectivity index (χ0) is 14.3. The van der Waals surface area contributed by atoms with E-state index in [-0.39, 0.29) is 11.5 Å². The van der Waals surface area contributed by atoms with Crippen molar-refractivity contribution in [3.63, 3.8) is 0 Å². The number of carbonyl (C=O) groups excluding carboxylic acids is 1. The van der Waals surface area contributed by atoms with E-state index in [0.717, 1.165) is 0 Å². The van der Waals surface area contributed by atoms with Crippen LogP contribution in [0, 0.1) is 0 Å². The van der Waals surface area contributed by atoms with Gasteiger partial charge in [-0.15, -0.1) is 11.8 Å². The van der Waals surface area contributed by atoms with Crippen molar-refractivity contribution in [2.24, 2.45) is 0 Å². The van der Waals surface area contributed by atoms with Crippen molar-refractivity contribution >= 4 is 23.5 Å². The van der Waals surface area contributed by atoms with Crippen molar-refractivity contribution in [2.75, 3.05) is 24.2 Å². The van der Waals surface area contributed by atoms with E-state index in [9.17, 15) is 4.79 Å². The van der Waals surface area contributed by atoms with Crippen molar-refractivity contribution in [1.82, 2.24) is 5.32 Å². The molecule has 1 amide bonds. The van der Waals surface area contributed by atoms with Gasteiger partial charge in [-0.2, -0.15) is 0 Å². The highest BCUT2D eigenvalue weighted by Gasteiger charge is 2.50. The number of nitrogens with zero attached hydrogens (tertiary/aromatic N) is 1. The summed E-state index contributed by atoms with van der Waals surface area (Å²) < 4.78 is 5.33. The Labute approximate surface area is 123 Å². The maximum absolute atomic E-state index is 11.5. The van der Waals surface area contributed by atoms with Gasteiger partial charge >= 0.3 is 6.09 Å². The summed E-state index contributed by atoms with van der Waals surface area (Å²) in [5.74, 6) is 1.81. The van der Waals surface area contributed by atoms with Crippen LogP contribution in [0.1, 0.15) is 25.8 Å². The Morgan fingerprint density at radius 3 is 3.15 bits per heavy atom. The number of likely N-dealkylation sites (N-methyl/N-ethyl adjacent to an activating group) is 1. The normalized spacial score (nSPS) is 27.1. The maximum atomic E-state index is 11.5. The van der Waals surface area contributed by atoms with E-state index in [2.05, 4.69) is 30.3 Å². The molecular formula is C15H20N2O2S. The number of amides is 1. The molecule has 20 heavy (non-hydrogen) atoms. The minimum Gasteiger partial charge on any atom is -0.410 e. The molecule has 2 aliphatic rings. The molecular weight excluding hydrogens is 272 g/mol. The van der Waals surface area contributed by atoms with Gasteiger partial charge in [0.25, 0.3) is 0 Å². The molecule has 0 aliphatic carbocycles. The summed E-state index contributed by atoms with van der Waals surface area (Å²) >= 11 is 2.01. The Balaban J connectivity index is 1.92. The van der Waals surface area contributed by atoms with Crippen LogP contribution in [0.3, 0.4) is 0 Å². The Morgan fingerprint density at radius 2 is 2.40 bits per heavy atom. The van der Waals surface area contributed by atoms with E-state index in [0.29, 0.717) is 17.7 Å². The quantitative estimate of drug-likeness (QED) is 0.910. The van der Waals surface area contributed by atoms with Gasteiger partial charge in [0.2, 0.25) is 0 Å². The highest BCUT2D eigenvalue weighted by molar-refractivity contribution is 8.00. The third-order valence-corrected chi connectivity index (χ3v) is 5.88. The lowest BCUT2D eigenvalue weighted by molar-refractivity contribution is 0.201. The van der Waals surface area contributed by atoms with Gasteiger partial charge in [-0.3, -0.25) is 0 Å². The molecule has 2 aliphatic heterocycles. The number of benzene rings is 1. The Kier molecular flexibility index (Phi) is 3.32. The molecule has 4 nitrogen and oxygen atoms in total. The number of thioether (sulfide) groups is 1. The van der Waals surface area contributed by atoms with E-state index < -0.39 is 0 Å². The first-order valence-electron chi connectivity index (χ1n) is 7.01. The third kappa shape index (κ3) is 1.95. The van der Waals surface area contributed by atoms with Gasteiger partial charge in [-0.1, -0.05) is 6.92 Å². The van der Waals surface area contributed by atoms with Crippen LogP contribution in [-0.4, -0.2) is 30.8 Å². The number of anilines is 1. The smallest absolute Gasteiger partial charge is 0.410 e. The fourth-order valence-electron chi connectivity index (χ4n) is 3.25. The molecule has 3 rings (SSSR count). The fourth-order valence-corrected chi connectivity index (χ4v) is 4.97. The van der Waals surface area contributed by atoms with E-state index in [1.54, 1.807) is 0 Å². The summed E-state index contributed by atoms with van der Waals surface area (Å²) in [5.41, 5.74) is 2.72. The van der Waals surface area contributed by atoms with Crippen LogP contribution in [0.5, 0.6) is 5.75 Å². The predicted octanol–water partition coefficient (Wildman–Crippen LogP) is 2.97. The second kappa shape index (κ2) is 4.88. The monoisotopic (exact) mass is 292 g/mol. The molecule has 5 heteroatoms. The molecule has 2 atom stereocenters. The predicted molar refractivity (Wildman–Crippen MR) is 82.8 cm³/mol. The van der Waals surface area contributed by atoms with Gasteiger partial charge in [-0.25, -0.2) is 4.79 Å². The minimum absolute atomic E-state index is 0.162. The number of carbonyl (C=O) groups is 1. The lowest BCUT2D eigenvalue weighted by Gasteiger charge is -2.27. The second-order valence-electron chi connectivity index (χ2n) is 5.60. The van der Waals surface area contributed by atoms with Gasteiger partial charge in [0.05, 0.1) is 5.37 Å². The first-order chi connectivity index (χ1) is 9.56. The maximum Gasteiger partial charge on any atom is 0.412 e. The average Bonchev–Trinajstić information content (AvgIpc) is 2.88. The minimum atomic E-state index is -0.388. The number of hydrogen-bond acceptors (Lipinski definition) is 4. The standard InChI is InChI=1S/C15H20N2O2S/c1-4-16-14(18)19-10-5-6-12-11(9-10)15(2)7-8-20-13(15)17(12)3/h5-6,9,13H,4,7-8H2,1-3H3,(H,16,18)/t13-,15-/m0/s1. The van der Waals surface area contributed by atoms with Gasteiger partial charge in [0.1, 0.15) is 5.75 Å². The number of hydrogen-bond donors (Lipinski definition) is 1. The highest BCUT2D eigenvalue weighted by atomic mass is 32.2. The summed E-state index contributed by atoms with van der Waals surface area (Å²) in [7, 11) is 2.15. The number of rotatable bonds is 2. The van der Waals surface area contributed by atoms with E-state index >= 15 is 0 Å². The molecule has 1 N–H and O–H groups in total. The number of ether oxygens (including phenoxy) is 1. The molecule has 0 bridgehead atoms. The zero-order valence-corrected chi connectivity index (χ0v) is 12.9. The van der Waals surface area contributed by atoms with E-state index in [4.69, 9.17) is 4.74 Å². The molecule has 1 aromatic carbocycles. The van der Waals surface area contributed by atoms with Gasteiger partial charge < -0.3 is 15.0 Å². The van der Waals surface area contributed by atoms with Gasteiger partial charge in [-0.05, 0) is 42.9 Å². The molecule has 0 unspecified atom stereocenters. The molecule has 0 spiro atoms. The van der Waals surface area contributed by atoms with Crippen LogP contribution in [0.2, 0.25) is 0 Å². The van der Waals surface area contributed by atoms with Crippen LogP contribution in [-0.2, 0) is 5.41 Å². The van der Waals surface area contributed by atoms with Crippen molar-refractivity contribution in [2.45, 2.75) is 31.1 Å². The largest absolute Gasteiger partial charge is 0.412 e. The molecule has 0 aromatic heterocycles. The molecule has 2 heterocycles. The van der Waals surface area contributed by atoms with Crippen molar-refractivity contribution in [3.8, 4) is 5.75 Å². The van der Waals surface area contributed by atoms with E-state index in [1.807, 2.05) is 30.8 Å². The molecule has 0 saturated carbocycles. The summed E-state index contributed by atoms with van der Waals surface area (Å²) in [6.45, 7) is 4.76. The van der Waals surface area contributed by atoms with E-state index in [1.165, 1.54) is 23.4 Å². The SMILES string of the molecule is CCNC(=O)Oc1ccc2c(c1)[C@]1(C)CCS[C@@H]1N2C. The van der Waals surface area contributed by atoms with Crippen LogP contribution in [0.4, 0.5) is 10.5 Å². The topological polar surface area (TPSA) is 41.6 Å². The fraction of sp³-hybridized carbons (Fsp3) is 0.533. The first kappa shape index (κ1) is 13.6. The number of fused-ring (bicyclic) bond motifs is 3. The van der Waals surface area contributed by atoms with Crippen molar-refractivity contribution in [1.29, 1.82) is 0 Å². The lowest BCUT2D eigenvalue weighted by Crippen LogP contribution is -2.34. The van der Waals surface area contributed by atoms with Crippen LogP contribution in [0.25, 0.3) is 0 Å². The number of nitrogens with one attached hydrogen (secondary N) is 1. The van der Waals surface area contributed by atoms with Crippen LogP contribution < -0.4 is 15.0 Å². The lowest BCUT2D eigenvalue weighted by atomic mass is 9.82. The zero-order valence-electron chi connectivity index (χ0n) is 12.1.